The van der Waals surface area contributed by atoms with Crippen molar-refractivity contribution in [3.05, 3.63) is 12.2 Å². The van der Waals surface area contributed by atoms with Crippen molar-refractivity contribution in [3.63, 3.8) is 0 Å². The Morgan fingerprint density at radius 1 is 1.26 bits per heavy atom. The maximum atomic E-state index is 15.1. The first kappa shape index (κ1) is 26.5. The number of hydrogen-bond donors (Lipinski definition) is 5. The number of nitrogens with one attached hydrogen (secondary N) is 1. The van der Waals surface area contributed by atoms with Crippen molar-refractivity contribution in [2.75, 3.05) is 24.9 Å². The van der Waals surface area contributed by atoms with Gasteiger partial charge in [0, 0.05) is 13.2 Å². The van der Waals surface area contributed by atoms with Crippen LogP contribution in [0.4, 0.5) is 10.2 Å². The summed E-state index contributed by atoms with van der Waals surface area (Å²) in [5.41, 5.74) is 0.617. The SMILES string of the molecule is COCc1nc(NC2CCCC2)c2ncn([C@@H]3O[C@H](COP(=O)(O)CP(=O)(O)O)[C@@H](O)[C@@H]3F)c2n1. The standard InChI is InChI=1S/C18H28FN5O9P2/c1-31-7-12-22-16(21-10-4-2-3-5-10)14-17(23-12)24(8-20-14)18-13(19)15(25)11(33-18)6-32-35(29,30)9-34(26,27)28/h8,10-11,13,15,18,25H,2-7,9H2,1H3,(H,29,30)(H,21,22,23)(H2,26,27,28)/t11-,13+,15-,18-/m1/s1. The minimum absolute atomic E-state index is 0.0927. The van der Waals surface area contributed by atoms with Gasteiger partial charge in [0.2, 0.25) is 0 Å². The molecule has 1 saturated heterocycles. The summed E-state index contributed by atoms with van der Waals surface area (Å²) in [5.74, 6) is -0.608. The third-order valence-corrected chi connectivity index (χ3v) is 9.26. The lowest BCUT2D eigenvalue weighted by Gasteiger charge is -2.18. The van der Waals surface area contributed by atoms with E-state index in [1.165, 1.54) is 18.0 Å². The van der Waals surface area contributed by atoms with E-state index in [-0.39, 0.29) is 18.3 Å². The molecule has 5 atom stereocenters. The summed E-state index contributed by atoms with van der Waals surface area (Å²) in [6.45, 7) is -0.674. The zero-order valence-electron chi connectivity index (χ0n) is 18.8. The van der Waals surface area contributed by atoms with Gasteiger partial charge in [-0.05, 0) is 12.8 Å². The Morgan fingerprint density at radius 3 is 2.63 bits per heavy atom. The third-order valence-electron chi connectivity index (χ3n) is 5.81. The minimum atomic E-state index is -4.84. The molecule has 2 aliphatic rings. The van der Waals surface area contributed by atoms with E-state index in [0.29, 0.717) is 17.2 Å². The van der Waals surface area contributed by atoms with Gasteiger partial charge in [-0.3, -0.25) is 13.7 Å². The van der Waals surface area contributed by atoms with Crippen LogP contribution in [-0.2, 0) is 29.7 Å². The second-order valence-electron chi connectivity index (χ2n) is 8.61. The van der Waals surface area contributed by atoms with Crippen molar-refractivity contribution >= 4 is 32.2 Å². The van der Waals surface area contributed by atoms with Crippen LogP contribution in [0.5, 0.6) is 0 Å². The Hall–Kier alpha value is -1.54. The number of rotatable bonds is 10. The highest BCUT2D eigenvalue weighted by Gasteiger charge is 2.47. The Bertz CT molecular complexity index is 1140. The van der Waals surface area contributed by atoms with Crippen LogP contribution in [0.15, 0.2) is 6.33 Å². The van der Waals surface area contributed by atoms with Gasteiger partial charge < -0.3 is 39.1 Å². The largest absolute Gasteiger partial charge is 0.387 e. The summed E-state index contributed by atoms with van der Waals surface area (Å²) in [7, 11) is -8.06. The number of aromatic nitrogens is 4. The van der Waals surface area contributed by atoms with Crippen LogP contribution in [0.2, 0.25) is 0 Å². The number of ether oxygens (including phenoxy) is 2. The smallest absolute Gasteiger partial charge is 0.340 e. The van der Waals surface area contributed by atoms with Crippen molar-refractivity contribution in [2.45, 2.75) is 62.9 Å². The monoisotopic (exact) mass is 539 g/mol. The predicted molar refractivity (Wildman–Crippen MR) is 119 cm³/mol. The van der Waals surface area contributed by atoms with Gasteiger partial charge in [0.1, 0.15) is 18.8 Å². The van der Waals surface area contributed by atoms with E-state index in [4.69, 9.17) is 23.8 Å². The molecule has 35 heavy (non-hydrogen) atoms. The molecule has 0 radical (unpaired) electrons. The van der Waals surface area contributed by atoms with Gasteiger partial charge in [0.15, 0.2) is 41.1 Å². The lowest BCUT2D eigenvalue weighted by Crippen LogP contribution is -2.31. The van der Waals surface area contributed by atoms with Gasteiger partial charge in [0.05, 0.1) is 12.9 Å². The maximum absolute atomic E-state index is 15.1. The first-order valence-corrected chi connectivity index (χ1v) is 14.5. The topological polar surface area (TPSA) is 198 Å². The molecule has 4 rings (SSSR count). The van der Waals surface area contributed by atoms with Crippen molar-refractivity contribution in [1.82, 2.24) is 19.5 Å². The normalized spacial score (nSPS) is 27.5. The number of fused-ring (bicyclic) bond motifs is 1. The molecule has 17 heteroatoms. The lowest BCUT2D eigenvalue weighted by atomic mass is 10.1. The highest BCUT2D eigenvalue weighted by Crippen LogP contribution is 2.55. The Balaban J connectivity index is 1.57. The number of aliphatic hydroxyl groups excluding tert-OH is 1. The van der Waals surface area contributed by atoms with Crippen LogP contribution in [0.3, 0.4) is 0 Å². The molecular weight excluding hydrogens is 511 g/mol. The Labute approximate surface area is 199 Å². The highest BCUT2D eigenvalue weighted by atomic mass is 31.2. The number of halogens is 1. The average molecular weight is 539 g/mol. The molecule has 2 aromatic rings. The summed E-state index contributed by atoms with van der Waals surface area (Å²) in [4.78, 5) is 40.7. The molecule has 0 amide bonds. The lowest BCUT2D eigenvalue weighted by molar-refractivity contribution is -0.0425. The third kappa shape index (κ3) is 6.24. The molecule has 1 saturated carbocycles. The van der Waals surface area contributed by atoms with Crippen LogP contribution in [0, 0.1) is 0 Å². The van der Waals surface area contributed by atoms with Gasteiger partial charge in [-0.2, -0.15) is 0 Å². The Morgan fingerprint density at radius 2 is 1.97 bits per heavy atom. The maximum Gasteiger partial charge on any atom is 0.340 e. The second-order valence-corrected chi connectivity index (χ2v) is 12.6. The summed E-state index contributed by atoms with van der Waals surface area (Å²) >= 11 is 0. The summed E-state index contributed by atoms with van der Waals surface area (Å²) < 4.78 is 54.7. The van der Waals surface area contributed by atoms with Crippen LogP contribution in [0.25, 0.3) is 11.2 Å². The van der Waals surface area contributed by atoms with Crippen molar-refractivity contribution in [2.24, 2.45) is 0 Å². The van der Waals surface area contributed by atoms with Gasteiger partial charge >= 0.3 is 15.2 Å². The molecule has 1 aliphatic carbocycles. The van der Waals surface area contributed by atoms with E-state index in [1.54, 1.807) is 0 Å². The number of anilines is 1. The van der Waals surface area contributed by atoms with Crippen molar-refractivity contribution in [1.29, 1.82) is 0 Å². The van der Waals surface area contributed by atoms with E-state index < -0.39 is 52.3 Å². The molecule has 2 fully saturated rings. The van der Waals surface area contributed by atoms with Gasteiger partial charge in [0.25, 0.3) is 0 Å². The van der Waals surface area contributed by atoms with Crippen LogP contribution in [0.1, 0.15) is 37.7 Å². The number of imidazole rings is 1. The van der Waals surface area contributed by atoms with Gasteiger partial charge in [-0.1, -0.05) is 12.8 Å². The van der Waals surface area contributed by atoms with E-state index in [0.717, 1.165) is 25.7 Å². The number of aliphatic hydroxyl groups is 1. The number of alkyl halides is 1. The van der Waals surface area contributed by atoms with E-state index in [1.807, 2.05) is 0 Å². The van der Waals surface area contributed by atoms with Gasteiger partial charge in [-0.15, -0.1) is 0 Å². The van der Waals surface area contributed by atoms with Crippen molar-refractivity contribution < 1.29 is 47.3 Å². The van der Waals surface area contributed by atoms with Crippen molar-refractivity contribution in [3.8, 4) is 0 Å². The summed E-state index contributed by atoms with van der Waals surface area (Å²) in [5, 5.41) is 13.7. The molecule has 1 unspecified atom stereocenters. The van der Waals surface area contributed by atoms with Crippen LogP contribution in [-0.4, -0.2) is 83.3 Å². The molecule has 196 valence electrons. The van der Waals surface area contributed by atoms with Crippen LogP contribution >= 0.6 is 15.2 Å². The molecule has 0 aromatic carbocycles. The summed E-state index contributed by atoms with van der Waals surface area (Å²) in [6.07, 6.45) is -1.05. The molecular formula is C18H28FN5O9P2. The highest BCUT2D eigenvalue weighted by molar-refractivity contribution is 7.70. The molecule has 0 spiro atoms. The second kappa shape index (κ2) is 10.4. The molecule has 1 aliphatic heterocycles. The zero-order valence-corrected chi connectivity index (χ0v) is 20.6. The predicted octanol–water partition coefficient (Wildman–Crippen LogP) is 1.26. The number of nitrogens with zero attached hydrogens (tertiary/aromatic N) is 4. The molecule has 2 aromatic heterocycles. The summed E-state index contributed by atoms with van der Waals surface area (Å²) in [6, 6.07) is 0.218. The van der Waals surface area contributed by atoms with Crippen LogP contribution < -0.4 is 5.32 Å². The number of methoxy groups -OCH3 is 1. The molecule has 3 heterocycles. The average Bonchev–Trinajstić information content (AvgIpc) is 3.47. The van der Waals surface area contributed by atoms with E-state index in [2.05, 4.69) is 20.3 Å². The van der Waals surface area contributed by atoms with E-state index in [9.17, 15) is 19.1 Å². The molecule has 5 N–H and O–H groups in total. The fourth-order valence-corrected chi connectivity index (χ4v) is 6.80. The van der Waals surface area contributed by atoms with Gasteiger partial charge in [-0.25, -0.2) is 19.3 Å². The van der Waals surface area contributed by atoms with E-state index >= 15 is 4.39 Å². The molecule has 0 bridgehead atoms. The fourth-order valence-electron chi connectivity index (χ4n) is 4.23. The fraction of sp³-hybridized carbons (Fsp3) is 0.722. The minimum Gasteiger partial charge on any atom is -0.387 e. The quantitative estimate of drug-likeness (QED) is 0.271. The first-order valence-electron chi connectivity index (χ1n) is 10.9. The Kier molecular flexibility index (Phi) is 7.91. The number of hydrogen-bond acceptors (Lipinski definition) is 10. The first-order chi connectivity index (χ1) is 16.5. The zero-order chi connectivity index (χ0) is 25.4. The molecule has 14 nitrogen and oxygen atoms in total.